The van der Waals surface area contributed by atoms with Gasteiger partial charge in [-0.05, 0) is 32.0 Å². The van der Waals surface area contributed by atoms with Gasteiger partial charge in [0.15, 0.2) is 0 Å². The third-order valence-corrected chi connectivity index (χ3v) is 5.57. The van der Waals surface area contributed by atoms with Crippen molar-refractivity contribution in [2.75, 3.05) is 13.6 Å². The fraction of sp³-hybridized carbons (Fsp3) is 0.526. The van der Waals surface area contributed by atoms with Gasteiger partial charge >= 0.3 is 0 Å². The Morgan fingerprint density at radius 2 is 2.11 bits per heavy atom. The highest BCUT2D eigenvalue weighted by Gasteiger charge is 2.29. The molecule has 0 unspecified atom stereocenters. The summed E-state index contributed by atoms with van der Waals surface area (Å²) in [6, 6.07) is 3.30. The molecule has 0 aliphatic heterocycles. The number of H-pyrrole nitrogens is 1. The van der Waals surface area contributed by atoms with Crippen LogP contribution in [-0.4, -0.2) is 45.1 Å². The molecule has 0 saturated heterocycles. The lowest BCUT2D eigenvalue weighted by Gasteiger charge is -2.32. The van der Waals surface area contributed by atoms with Crippen molar-refractivity contribution in [2.24, 2.45) is 0 Å². The van der Waals surface area contributed by atoms with Crippen LogP contribution in [0.3, 0.4) is 0 Å². The average molecular weight is 391 g/mol. The van der Waals surface area contributed by atoms with Crippen LogP contribution in [0.1, 0.15) is 53.8 Å². The summed E-state index contributed by atoms with van der Waals surface area (Å²) in [6.07, 6.45) is 4.43. The van der Waals surface area contributed by atoms with E-state index in [4.69, 9.17) is 0 Å². The fourth-order valence-corrected chi connectivity index (χ4v) is 4.00. The molecule has 3 N–H and O–H groups in total. The SMILES string of the molecule is CN(Cc1cscn1)Cc1ccc(C(=O)NCC2(O)CCCCC2)c(=O)[nH]1. The van der Waals surface area contributed by atoms with Crippen LogP contribution in [0, 0.1) is 0 Å². The molecule has 0 spiro atoms. The molecule has 1 saturated carbocycles. The van der Waals surface area contributed by atoms with Gasteiger partial charge in [0.1, 0.15) is 5.56 Å². The van der Waals surface area contributed by atoms with Gasteiger partial charge in [-0.15, -0.1) is 11.3 Å². The summed E-state index contributed by atoms with van der Waals surface area (Å²) in [5.41, 5.74) is 2.33. The van der Waals surface area contributed by atoms with E-state index in [2.05, 4.69) is 15.3 Å². The maximum Gasteiger partial charge on any atom is 0.261 e. The lowest BCUT2D eigenvalue weighted by atomic mass is 9.85. The zero-order valence-electron chi connectivity index (χ0n) is 15.5. The minimum Gasteiger partial charge on any atom is -0.388 e. The van der Waals surface area contributed by atoms with E-state index < -0.39 is 17.1 Å². The van der Waals surface area contributed by atoms with Crippen molar-refractivity contribution in [3.05, 3.63) is 50.3 Å². The topological polar surface area (TPSA) is 98.3 Å². The first-order chi connectivity index (χ1) is 13.0. The quantitative estimate of drug-likeness (QED) is 0.671. The second-order valence-electron chi connectivity index (χ2n) is 7.35. The largest absolute Gasteiger partial charge is 0.388 e. The molecule has 2 aromatic heterocycles. The average Bonchev–Trinajstić information content (AvgIpc) is 3.13. The molecule has 1 aliphatic carbocycles. The van der Waals surface area contributed by atoms with Crippen molar-refractivity contribution in [2.45, 2.75) is 50.8 Å². The number of amides is 1. The van der Waals surface area contributed by atoms with Crippen LogP contribution in [0.25, 0.3) is 0 Å². The summed E-state index contributed by atoms with van der Waals surface area (Å²) < 4.78 is 0. The molecule has 7 nitrogen and oxygen atoms in total. The first-order valence-corrected chi connectivity index (χ1v) is 10.2. The van der Waals surface area contributed by atoms with Crippen LogP contribution < -0.4 is 10.9 Å². The Labute approximate surface area is 162 Å². The molecule has 0 atom stereocenters. The third-order valence-electron chi connectivity index (χ3n) is 4.93. The first-order valence-electron chi connectivity index (χ1n) is 9.24. The summed E-state index contributed by atoms with van der Waals surface area (Å²) in [4.78, 5) is 33.7. The molecule has 1 aliphatic rings. The van der Waals surface area contributed by atoms with E-state index in [1.165, 1.54) is 0 Å². The zero-order valence-corrected chi connectivity index (χ0v) is 16.3. The number of aromatic amines is 1. The molecule has 0 aromatic carbocycles. The smallest absolute Gasteiger partial charge is 0.261 e. The highest BCUT2D eigenvalue weighted by Crippen LogP contribution is 2.27. The zero-order chi connectivity index (χ0) is 19.3. The Morgan fingerprint density at radius 3 is 2.78 bits per heavy atom. The number of aliphatic hydroxyl groups is 1. The number of aromatic nitrogens is 2. The Morgan fingerprint density at radius 1 is 1.33 bits per heavy atom. The molecule has 3 rings (SSSR count). The van der Waals surface area contributed by atoms with Gasteiger partial charge in [0, 0.05) is 30.7 Å². The standard InChI is InChI=1S/C19H26N4O3S/c1-23(10-15-11-27-13-21-15)9-14-5-6-16(18(25)22-14)17(24)20-12-19(26)7-3-2-4-8-19/h5-6,11,13,26H,2-4,7-10,12H2,1H3,(H,20,24)(H,22,25). The Bertz CT molecular complexity index is 813. The molecular formula is C19H26N4O3S. The summed E-state index contributed by atoms with van der Waals surface area (Å²) in [6.45, 7) is 1.42. The van der Waals surface area contributed by atoms with Crippen LogP contribution in [0.15, 0.2) is 27.8 Å². The third kappa shape index (κ3) is 5.47. The Hall–Kier alpha value is -2.03. The van der Waals surface area contributed by atoms with E-state index in [0.717, 1.165) is 30.7 Å². The number of hydrogen-bond acceptors (Lipinski definition) is 6. The second-order valence-corrected chi connectivity index (χ2v) is 8.06. The normalized spacial score (nSPS) is 16.4. The summed E-state index contributed by atoms with van der Waals surface area (Å²) in [5.74, 6) is -0.447. The van der Waals surface area contributed by atoms with E-state index >= 15 is 0 Å². The molecule has 0 radical (unpaired) electrons. The lowest BCUT2D eigenvalue weighted by Crippen LogP contribution is -2.45. The number of nitrogens with zero attached hydrogens (tertiary/aromatic N) is 2. The van der Waals surface area contributed by atoms with Crippen molar-refractivity contribution in [3.8, 4) is 0 Å². The molecule has 27 heavy (non-hydrogen) atoms. The van der Waals surface area contributed by atoms with Gasteiger partial charge in [-0.25, -0.2) is 4.98 Å². The molecule has 2 heterocycles. The molecular weight excluding hydrogens is 364 g/mol. The van der Waals surface area contributed by atoms with Gasteiger partial charge in [-0.1, -0.05) is 19.3 Å². The number of hydrogen-bond donors (Lipinski definition) is 3. The maximum absolute atomic E-state index is 12.3. The van der Waals surface area contributed by atoms with Crippen molar-refractivity contribution in [1.82, 2.24) is 20.2 Å². The molecule has 0 bridgehead atoms. The van der Waals surface area contributed by atoms with Gasteiger partial charge in [-0.2, -0.15) is 0 Å². The van der Waals surface area contributed by atoms with Crippen LogP contribution in [0.4, 0.5) is 0 Å². The number of rotatable bonds is 7. The van der Waals surface area contributed by atoms with E-state index in [1.807, 2.05) is 17.3 Å². The molecule has 146 valence electrons. The second kappa shape index (κ2) is 8.77. The summed E-state index contributed by atoms with van der Waals surface area (Å²) in [7, 11) is 1.95. The predicted octanol–water partition coefficient (Wildman–Crippen LogP) is 1.89. The number of nitrogens with one attached hydrogen (secondary N) is 2. The minimum atomic E-state index is -0.848. The lowest BCUT2D eigenvalue weighted by molar-refractivity contribution is 0.00524. The van der Waals surface area contributed by atoms with Gasteiger partial charge in [0.25, 0.3) is 11.5 Å². The molecule has 1 amide bonds. The number of carbonyl (C=O) groups excluding carboxylic acids is 1. The van der Waals surface area contributed by atoms with E-state index in [-0.39, 0.29) is 12.1 Å². The summed E-state index contributed by atoms with van der Waals surface area (Å²) >= 11 is 1.55. The van der Waals surface area contributed by atoms with Gasteiger partial charge < -0.3 is 15.4 Å². The minimum absolute atomic E-state index is 0.0697. The van der Waals surface area contributed by atoms with Crippen LogP contribution in [0.2, 0.25) is 0 Å². The van der Waals surface area contributed by atoms with Crippen molar-refractivity contribution >= 4 is 17.2 Å². The summed E-state index contributed by atoms with van der Waals surface area (Å²) in [5, 5.41) is 15.2. The van der Waals surface area contributed by atoms with Crippen LogP contribution in [0.5, 0.6) is 0 Å². The van der Waals surface area contributed by atoms with E-state index in [0.29, 0.717) is 25.9 Å². The van der Waals surface area contributed by atoms with Crippen molar-refractivity contribution in [1.29, 1.82) is 0 Å². The number of pyridine rings is 1. The molecule has 2 aromatic rings. The van der Waals surface area contributed by atoms with E-state index in [1.54, 1.807) is 29.0 Å². The van der Waals surface area contributed by atoms with Crippen molar-refractivity contribution < 1.29 is 9.90 Å². The fourth-order valence-electron chi connectivity index (χ4n) is 3.45. The first kappa shape index (κ1) is 19.7. The Kier molecular flexibility index (Phi) is 6.41. The van der Waals surface area contributed by atoms with Gasteiger partial charge in [0.2, 0.25) is 0 Å². The molecule has 1 fully saturated rings. The van der Waals surface area contributed by atoms with Gasteiger partial charge in [-0.3, -0.25) is 14.5 Å². The van der Waals surface area contributed by atoms with E-state index in [9.17, 15) is 14.7 Å². The number of carbonyl (C=O) groups is 1. The predicted molar refractivity (Wildman–Crippen MR) is 105 cm³/mol. The van der Waals surface area contributed by atoms with Crippen LogP contribution in [-0.2, 0) is 13.1 Å². The highest BCUT2D eigenvalue weighted by molar-refractivity contribution is 7.07. The maximum atomic E-state index is 12.3. The molecule has 8 heteroatoms. The van der Waals surface area contributed by atoms with Gasteiger partial charge in [0.05, 0.1) is 16.8 Å². The Balaban J connectivity index is 1.57. The monoisotopic (exact) mass is 390 g/mol. The highest BCUT2D eigenvalue weighted by atomic mass is 32.1. The van der Waals surface area contributed by atoms with Crippen LogP contribution >= 0.6 is 11.3 Å². The number of thiazole rings is 1. The van der Waals surface area contributed by atoms with Crippen molar-refractivity contribution in [3.63, 3.8) is 0 Å².